The lowest BCUT2D eigenvalue weighted by Gasteiger charge is -2.24. The minimum Gasteiger partial charge on any atom is -0.369 e. The van der Waals surface area contributed by atoms with Gasteiger partial charge in [0.1, 0.15) is 0 Å². The van der Waals surface area contributed by atoms with Gasteiger partial charge in [-0.2, -0.15) is 4.98 Å². The molecule has 3 heterocycles. The largest absolute Gasteiger partial charge is 0.369 e. The molecule has 158 valence electrons. The average molecular weight is 420 g/mol. The van der Waals surface area contributed by atoms with Gasteiger partial charge < -0.3 is 9.42 Å². The van der Waals surface area contributed by atoms with E-state index in [1.807, 2.05) is 6.07 Å². The number of hydrogen-bond donors (Lipinski definition) is 0. The van der Waals surface area contributed by atoms with Gasteiger partial charge in [0.2, 0.25) is 5.89 Å². The molecule has 2 aliphatic rings. The Hall–Kier alpha value is -2.00. The van der Waals surface area contributed by atoms with E-state index in [-0.39, 0.29) is 5.03 Å². The molecule has 0 N–H and O–H groups in total. The van der Waals surface area contributed by atoms with Crippen molar-refractivity contribution in [2.75, 3.05) is 31.1 Å². The molecule has 0 atom stereocenters. The number of pyridine rings is 1. The normalized spacial score (nSPS) is 19.3. The molecule has 2 aromatic rings. The van der Waals surface area contributed by atoms with Gasteiger partial charge >= 0.3 is 0 Å². The summed E-state index contributed by atoms with van der Waals surface area (Å²) in [6.07, 6.45) is 5.00. The molecule has 29 heavy (non-hydrogen) atoms. The molecule has 8 nitrogen and oxygen atoms in total. The van der Waals surface area contributed by atoms with Crippen LogP contribution in [-0.4, -0.2) is 59.4 Å². The SMILES string of the molecule is CC(C)(C)S(=O)(=O)c1ccc(N2CCCN(Cc3noc(C4CC4)n3)CC2)cn1. The molecule has 9 heteroatoms. The van der Waals surface area contributed by atoms with E-state index >= 15 is 0 Å². The topological polar surface area (TPSA) is 92.4 Å². The molecule has 1 saturated heterocycles. The van der Waals surface area contributed by atoms with Crippen LogP contribution in [0.2, 0.25) is 0 Å². The summed E-state index contributed by atoms with van der Waals surface area (Å²) in [4.78, 5) is 13.4. The van der Waals surface area contributed by atoms with E-state index in [2.05, 4.69) is 24.9 Å². The lowest BCUT2D eigenvalue weighted by Crippen LogP contribution is -2.31. The predicted molar refractivity (Wildman–Crippen MR) is 110 cm³/mol. The first-order valence-electron chi connectivity index (χ1n) is 10.2. The van der Waals surface area contributed by atoms with Gasteiger partial charge in [-0.05, 0) is 52.2 Å². The molecule has 0 unspecified atom stereocenters. The predicted octanol–water partition coefficient (Wildman–Crippen LogP) is 2.63. The van der Waals surface area contributed by atoms with Crippen LogP contribution in [0.3, 0.4) is 0 Å². The molecule has 0 amide bonds. The molecule has 1 aliphatic carbocycles. The Morgan fingerprint density at radius 2 is 1.93 bits per heavy atom. The first-order chi connectivity index (χ1) is 13.7. The minimum absolute atomic E-state index is 0.133. The second-order valence-corrected chi connectivity index (χ2v) is 11.6. The van der Waals surface area contributed by atoms with Crippen molar-refractivity contribution in [2.24, 2.45) is 0 Å². The van der Waals surface area contributed by atoms with E-state index in [1.54, 1.807) is 33.0 Å². The molecule has 4 rings (SSSR count). The summed E-state index contributed by atoms with van der Waals surface area (Å²) in [5.41, 5.74) is 0.954. The number of nitrogens with zero attached hydrogens (tertiary/aromatic N) is 5. The highest BCUT2D eigenvalue weighted by Crippen LogP contribution is 2.38. The summed E-state index contributed by atoms with van der Waals surface area (Å²) in [7, 11) is -3.43. The Labute approximate surface area is 172 Å². The van der Waals surface area contributed by atoms with Crippen LogP contribution in [0.5, 0.6) is 0 Å². The molecular weight excluding hydrogens is 390 g/mol. The van der Waals surface area contributed by atoms with Crippen LogP contribution < -0.4 is 4.90 Å². The maximum Gasteiger partial charge on any atom is 0.229 e. The molecule has 0 spiro atoms. The van der Waals surface area contributed by atoms with E-state index in [4.69, 9.17) is 4.52 Å². The van der Waals surface area contributed by atoms with Gasteiger partial charge in [-0.25, -0.2) is 13.4 Å². The lowest BCUT2D eigenvalue weighted by atomic mass is 10.3. The van der Waals surface area contributed by atoms with Crippen LogP contribution in [0.4, 0.5) is 5.69 Å². The molecule has 1 saturated carbocycles. The average Bonchev–Trinajstić information content (AvgIpc) is 3.46. The van der Waals surface area contributed by atoms with Gasteiger partial charge in [0, 0.05) is 32.1 Å². The minimum atomic E-state index is -3.43. The van der Waals surface area contributed by atoms with E-state index in [1.165, 1.54) is 0 Å². The van der Waals surface area contributed by atoms with Crippen molar-refractivity contribution < 1.29 is 12.9 Å². The van der Waals surface area contributed by atoms with Crippen molar-refractivity contribution in [3.8, 4) is 0 Å². The van der Waals surface area contributed by atoms with Crippen molar-refractivity contribution in [1.82, 2.24) is 20.0 Å². The third-order valence-electron chi connectivity index (χ3n) is 5.53. The fourth-order valence-electron chi connectivity index (χ4n) is 3.45. The molecule has 0 radical (unpaired) electrons. The van der Waals surface area contributed by atoms with E-state index in [0.717, 1.165) is 62.8 Å². The highest BCUT2D eigenvalue weighted by atomic mass is 32.2. The van der Waals surface area contributed by atoms with Crippen molar-refractivity contribution in [3.05, 3.63) is 30.0 Å². The third kappa shape index (κ3) is 4.45. The lowest BCUT2D eigenvalue weighted by molar-refractivity contribution is 0.271. The Balaban J connectivity index is 1.37. The number of anilines is 1. The first kappa shape index (κ1) is 20.3. The van der Waals surface area contributed by atoms with Gasteiger partial charge in [0.15, 0.2) is 20.7 Å². The highest BCUT2D eigenvalue weighted by molar-refractivity contribution is 7.92. The first-order valence-corrected chi connectivity index (χ1v) is 11.7. The fraction of sp³-hybridized carbons (Fsp3) is 0.650. The summed E-state index contributed by atoms with van der Waals surface area (Å²) in [6.45, 7) is 9.38. The van der Waals surface area contributed by atoms with Gasteiger partial charge in [-0.15, -0.1) is 0 Å². The molecule has 2 aromatic heterocycles. The Bertz CT molecular complexity index is 945. The van der Waals surface area contributed by atoms with Gasteiger partial charge in [0.05, 0.1) is 23.2 Å². The molecule has 2 fully saturated rings. The maximum absolute atomic E-state index is 12.6. The van der Waals surface area contributed by atoms with Gasteiger partial charge in [0.25, 0.3) is 0 Å². The van der Waals surface area contributed by atoms with E-state index in [0.29, 0.717) is 12.5 Å². The van der Waals surface area contributed by atoms with Crippen LogP contribution >= 0.6 is 0 Å². The number of sulfone groups is 1. The Kier molecular flexibility index (Phi) is 5.37. The molecule has 0 bridgehead atoms. The van der Waals surface area contributed by atoms with Crippen molar-refractivity contribution in [2.45, 2.75) is 62.3 Å². The smallest absolute Gasteiger partial charge is 0.229 e. The highest BCUT2D eigenvalue weighted by Gasteiger charge is 2.32. The van der Waals surface area contributed by atoms with Crippen LogP contribution in [0.15, 0.2) is 27.9 Å². The number of rotatable bonds is 5. The van der Waals surface area contributed by atoms with E-state index in [9.17, 15) is 8.42 Å². The second-order valence-electron chi connectivity index (χ2n) is 8.91. The summed E-state index contributed by atoms with van der Waals surface area (Å²) in [5.74, 6) is 2.03. The zero-order chi connectivity index (χ0) is 20.6. The van der Waals surface area contributed by atoms with Crippen LogP contribution in [-0.2, 0) is 16.4 Å². The fourth-order valence-corrected chi connectivity index (χ4v) is 4.51. The second kappa shape index (κ2) is 7.68. The van der Waals surface area contributed by atoms with Gasteiger partial charge in [-0.3, -0.25) is 4.90 Å². The van der Waals surface area contributed by atoms with Crippen LogP contribution in [0.1, 0.15) is 57.7 Å². The summed E-state index contributed by atoms with van der Waals surface area (Å²) in [6, 6.07) is 3.49. The summed E-state index contributed by atoms with van der Waals surface area (Å²) >= 11 is 0. The molecule has 1 aliphatic heterocycles. The number of aromatic nitrogens is 3. The number of hydrogen-bond acceptors (Lipinski definition) is 8. The van der Waals surface area contributed by atoms with Crippen molar-refractivity contribution in [1.29, 1.82) is 0 Å². The monoisotopic (exact) mass is 419 g/mol. The Morgan fingerprint density at radius 1 is 1.14 bits per heavy atom. The van der Waals surface area contributed by atoms with Crippen molar-refractivity contribution in [3.63, 3.8) is 0 Å². The zero-order valence-corrected chi connectivity index (χ0v) is 18.2. The van der Waals surface area contributed by atoms with Crippen LogP contribution in [0.25, 0.3) is 0 Å². The Morgan fingerprint density at radius 3 is 2.59 bits per heavy atom. The van der Waals surface area contributed by atoms with Crippen molar-refractivity contribution >= 4 is 15.5 Å². The zero-order valence-electron chi connectivity index (χ0n) is 17.3. The maximum atomic E-state index is 12.6. The van der Waals surface area contributed by atoms with Crippen LogP contribution in [0, 0.1) is 0 Å². The standard InChI is InChI=1S/C20H29N5O3S/c1-20(2,3)29(26,27)18-8-7-16(13-21-18)25-10-4-9-24(11-12-25)14-17-22-19(28-23-17)15-5-6-15/h7-8,13,15H,4-6,9-12,14H2,1-3H3. The van der Waals surface area contributed by atoms with E-state index < -0.39 is 14.6 Å². The summed E-state index contributed by atoms with van der Waals surface area (Å²) in [5, 5.41) is 4.26. The summed E-state index contributed by atoms with van der Waals surface area (Å²) < 4.78 is 29.6. The third-order valence-corrected chi connectivity index (χ3v) is 7.94. The molecule has 0 aromatic carbocycles. The molecular formula is C20H29N5O3S. The van der Waals surface area contributed by atoms with Gasteiger partial charge in [-0.1, -0.05) is 5.16 Å². The quantitative estimate of drug-likeness (QED) is 0.730.